The molecule has 2 rings (SSSR count). The first-order valence-electron chi connectivity index (χ1n) is 6.33. The summed E-state index contributed by atoms with van der Waals surface area (Å²) < 4.78 is 0.879. The van der Waals surface area contributed by atoms with Gasteiger partial charge in [0.2, 0.25) is 0 Å². The number of rotatable bonds is 0. The average molecular weight is 309 g/mol. The second kappa shape index (κ2) is 5.35. The van der Waals surface area contributed by atoms with Crippen LogP contribution in [0.2, 0.25) is 0 Å². The molecule has 3 heteroatoms. The molecule has 0 atom stereocenters. The Balaban J connectivity index is 2.29. The molecule has 0 aromatic heterocycles. The van der Waals surface area contributed by atoms with Crippen LogP contribution in [0.5, 0.6) is 0 Å². The smallest absolute Gasteiger partial charge is 0.168 e. The third kappa shape index (κ3) is 2.72. The zero-order valence-electron chi connectivity index (χ0n) is 10.4. The molecule has 2 nitrogen and oxygen atoms in total. The summed E-state index contributed by atoms with van der Waals surface area (Å²) in [5.74, 6) is 0.404. The number of allylic oxidation sites excluding steroid dienone is 5. The molecule has 1 spiro atoms. The Morgan fingerprint density at radius 3 is 2.50 bits per heavy atom. The van der Waals surface area contributed by atoms with Gasteiger partial charge in [0.25, 0.3) is 0 Å². The highest BCUT2D eigenvalue weighted by atomic mass is 79.9. The second-order valence-electron chi connectivity index (χ2n) is 5.14. The molecule has 0 aliphatic heterocycles. The number of carbonyl (C=O) groups is 2. The molecule has 0 heterocycles. The van der Waals surface area contributed by atoms with Gasteiger partial charge in [-0.1, -0.05) is 34.7 Å². The molecule has 1 saturated carbocycles. The first kappa shape index (κ1) is 13.5. The van der Waals surface area contributed by atoms with Crippen LogP contribution in [0.3, 0.4) is 0 Å². The van der Waals surface area contributed by atoms with Crippen molar-refractivity contribution in [3.05, 3.63) is 34.9 Å². The highest BCUT2D eigenvalue weighted by Crippen LogP contribution is 2.42. The Morgan fingerprint density at radius 1 is 1.17 bits per heavy atom. The normalized spacial score (nSPS) is 29.2. The van der Waals surface area contributed by atoms with Crippen LogP contribution in [0, 0.1) is 5.41 Å². The maximum atomic E-state index is 12.6. The van der Waals surface area contributed by atoms with Crippen molar-refractivity contribution >= 4 is 27.5 Å². The van der Waals surface area contributed by atoms with Crippen molar-refractivity contribution in [1.29, 1.82) is 0 Å². The Hall–Kier alpha value is -0.960. The monoisotopic (exact) mass is 308 g/mol. The summed E-state index contributed by atoms with van der Waals surface area (Å²) in [4.78, 5) is 24.0. The number of hydrogen-bond acceptors (Lipinski definition) is 2. The largest absolute Gasteiger partial charge is 0.300 e. The molecule has 0 aromatic rings. The molecule has 2 aliphatic rings. The summed E-state index contributed by atoms with van der Waals surface area (Å²) in [6, 6.07) is 0. The minimum atomic E-state index is -0.358. The van der Waals surface area contributed by atoms with Crippen LogP contribution < -0.4 is 0 Å². The van der Waals surface area contributed by atoms with E-state index in [0.29, 0.717) is 31.3 Å². The lowest BCUT2D eigenvalue weighted by atomic mass is 9.66. The average Bonchev–Trinajstić information content (AvgIpc) is 2.39. The fraction of sp³-hybridized carbons (Fsp3) is 0.467. The van der Waals surface area contributed by atoms with E-state index in [4.69, 9.17) is 0 Å². The van der Waals surface area contributed by atoms with E-state index in [2.05, 4.69) is 28.6 Å². The zero-order chi connectivity index (χ0) is 13.2. The van der Waals surface area contributed by atoms with E-state index in [1.165, 1.54) is 0 Å². The molecule has 0 radical (unpaired) electrons. The van der Waals surface area contributed by atoms with Crippen molar-refractivity contribution in [2.75, 3.05) is 0 Å². The van der Waals surface area contributed by atoms with Gasteiger partial charge in [-0.2, -0.15) is 0 Å². The molecular formula is C15H17BrO2. The maximum Gasteiger partial charge on any atom is 0.168 e. The van der Waals surface area contributed by atoms with Gasteiger partial charge < -0.3 is 0 Å². The van der Waals surface area contributed by atoms with Crippen LogP contribution in [-0.4, -0.2) is 11.6 Å². The van der Waals surface area contributed by atoms with E-state index in [9.17, 15) is 9.59 Å². The quantitative estimate of drug-likeness (QED) is 0.637. The van der Waals surface area contributed by atoms with Crippen molar-refractivity contribution in [3.63, 3.8) is 0 Å². The standard InChI is InChI=1S/C15H17BrO2/c1-11-10-12(16)4-2-3-7-15(14(11)18)8-5-13(17)6-9-15/h2,4,10H,1,3,5-9H2/b4-2-,12-10+. The number of carbonyl (C=O) groups excluding carboxylic acids is 2. The Kier molecular flexibility index (Phi) is 4.00. The lowest BCUT2D eigenvalue weighted by Crippen LogP contribution is -2.36. The van der Waals surface area contributed by atoms with Crippen LogP contribution in [-0.2, 0) is 9.59 Å². The van der Waals surface area contributed by atoms with E-state index in [1.807, 2.05) is 6.08 Å². The first-order chi connectivity index (χ1) is 8.53. The second-order valence-corrected chi connectivity index (χ2v) is 6.06. The summed E-state index contributed by atoms with van der Waals surface area (Å²) >= 11 is 3.40. The number of halogens is 1. The molecule has 96 valence electrons. The van der Waals surface area contributed by atoms with Gasteiger partial charge in [0.15, 0.2) is 5.78 Å². The number of Topliss-reactive ketones (excluding diaryl/α,β-unsaturated/α-hetero) is 2. The van der Waals surface area contributed by atoms with Gasteiger partial charge in [-0.05, 0) is 31.8 Å². The molecule has 0 N–H and O–H groups in total. The van der Waals surface area contributed by atoms with Crippen LogP contribution in [0.15, 0.2) is 34.9 Å². The lowest BCUT2D eigenvalue weighted by molar-refractivity contribution is -0.131. The van der Waals surface area contributed by atoms with E-state index in [0.717, 1.165) is 17.3 Å². The summed E-state index contributed by atoms with van der Waals surface area (Å²) in [5, 5.41) is 0. The Morgan fingerprint density at radius 2 is 1.83 bits per heavy atom. The fourth-order valence-corrected chi connectivity index (χ4v) is 3.24. The molecular weight excluding hydrogens is 292 g/mol. The molecule has 2 aliphatic carbocycles. The Bertz CT molecular complexity index is 447. The van der Waals surface area contributed by atoms with Gasteiger partial charge in [-0.15, -0.1) is 0 Å². The van der Waals surface area contributed by atoms with Gasteiger partial charge in [0, 0.05) is 28.3 Å². The van der Waals surface area contributed by atoms with Crippen LogP contribution in [0.1, 0.15) is 38.5 Å². The van der Waals surface area contributed by atoms with Crippen molar-refractivity contribution in [1.82, 2.24) is 0 Å². The minimum Gasteiger partial charge on any atom is -0.300 e. The molecule has 0 amide bonds. The van der Waals surface area contributed by atoms with E-state index in [-0.39, 0.29) is 17.0 Å². The Labute approximate surface area is 116 Å². The predicted octanol–water partition coefficient (Wildman–Crippen LogP) is 3.87. The third-order valence-electron chi connectivity index (χ3n) is 3.92. The van der Waals surface area contributed by atoms with Crippen LogP contribution in [0.25, 0.3) is 0 Å². The topological polar surface area (TPSA) is 34.1 Å². The van der Waals surface area contributed by atoms with Crippen LogP contribution in [0.4, 0.5) is 0 Å². The van der Waals surface area contributed by atoms with E-state index in [1.54, 1.807) is 6.08 Å². The summed E-state index contributed by atoms with van der Waals surface area (Å²) in [6.45, 7) is 3.88. The highest BCUT2D eigenvalue weighted by molar-refractivity contribution is 9.11. The van der Waals surface area contributed by atoms with Gasteiger partial charge in [-0.3, -0.25) is 9.59 Å². The summed E-state index contributed by atoms with van der Waals surface area (Å²) in [6.07, 6.45) is 9.95. The SMILES string of the molecule is C=C1/C=C(Br)\C=C/CCC2(CCC(=O)CC2)C1=O. The maximum absolute atomic E-state index is 12.6. The van der Waals surface area contributed by atoms with Crippen molar-refractivity contribution < 1.29 is 9.59 Å². The zero-order valence-corrected chi connectivity index (χ0v) is 12.0. The molecule has 0 saturated heterocycles. The van der Waals surface area contributed by atoms with Gasteiger partial charge in [-0.25, -0.2) is 0 Å². The predicted molar refractivity (Wildman–Crippen MR) is 75.4 cm³/mol. The van der Waals surface area contributed by atoms with E-state index >= 15 is 0 Å². The van der Waals surface area contributed by atoms with Gasteiger partial charge in [0.05, 0.1) is 0 Å². The highest BCUT2D eigenvalue weighted by Gasteiger charge is 2.41. The first-order valence-corrected chi connectivity index (χ1v) is 7.12. The van der Waals surface area contributed by atoms with E-state index < -0.39 is 0 Å². The molecule has 1 fully saturated rings. The lowest BCUT2D eigenvalue weighted by Gasteiger charge is -2.35. The van der Waals surface area contributed by atoms with Crippen molar-refractivity contribution in [3.8, 4) is 0 Å². The van der Waals surface area contributed by atoms with Crippen LogP contribution >= 0.6 is 15.9 Å². The van der Waals surface area contributed by atoms with Crippen molar-refractivity contribution in [2.24, 2.45) is 5.41 Å². The molecule has 0 unspecified atom stereocenters. The fourth-order valence-electron chi connectivity index (χ4n) is 2.77. The van der Waals surface area contributed by atoms with Crippen molar-refractivity contribution in [2.45, 2.75) is 38.5 Å². The summed E-state index contributed by atoms with van der Waals surface area (Å²) in [7, 11) is 0. The molecule has 0 aromatic carbocycles. The minimum absolute atomic E-state index is 0.121. The molecule has 18 heavy (non-hydrogen) atoms. The third-order valence-corrected chi connectivity index (χ3v) is 4.41. The number of ketones is 2. The molecule has 0 bridgehead atoms. The summed E-state index contributed by atoms with van der Waals surface area (Å²) in [5.41, 5.74) is 0.187. The van der Waals surface area contributed by atoms with Gasteiger partial charge >= 0.3 is 0 Å². The van der Waals surface area contributed by atoms with Gasteiger partial charge in [0.1, 0.15) is 5.78 Å². The number of hydrogen-bond donors (Lipinski definition) is 0.